The number of aromatic nitrogens is 3. The van der Waals surface area contributed by atoms with Gasteiger partial charge in [-0.15, -0.1) is 0 Å². The second kappa shape index (κ2) is 6.91. The van der Waals surface area contributed by atoms with E-state index in [0.717, 1.165) is 30.8 Å². The quantitative estimate of drug-likeness (QED) is 0.925. The van der Waals surface area contributed by atoms with Crippen LogP contribution < -0.4 is 5.32 Å². The predicted molar refractivity (Wildman–Crippen MR) is 93.8 cm³/mol. The molecule has 0 bridgehead atoms. The van der Waals surface area contributed by atoms with Gasteiger partial charge in [-0.05, 0) is 51.9 Å². The summed E-state index contributed by atoms with van der Waals surface area (Å²) in [5.74, 6) is 0.485. The van der Waals surface area contributed by atoms with Gasteiger partial charge in [-0.2, -0.15) is 5.10 Å². The van der Waals surface area contributed by atoms with E-state index >= 15 is 0 Å². The van der Waals surface area contributed by atoms with Gasteiger partial charge in [-0.3, -0.25) is 4.79 Å². The molecule has 0 spiro atoms. The van der Waals surface area contributed by atoms with Gasteiger partial charge in [0, 0.05) is 24.8 Å². The first kappa shape index (κ1) is 16.9. The van der Waals surface area contributed by atoms with Gasteiger partial charge in [-0.25, -0.2) is 9.67 Å². The van der Waals surface area contributed by atoms with Crippen LogP contribution in [0.2, 0.25) is 5.02 Å². The van der Waals surface area contributed by atoms with Crippen LogP contribution in [0, 0.1) is 13.8 Å². The Labute approximate surface area is 146 Å². The van der Waals surface area contributed by atoms with Gasteiger partial charge < -0.3 is 10.2 Å². The normalized spacial score (nSPS) is 18.0. The molecule has 2 aromatic rings. The monoisotopic (exact) mass is 347 g/mol. The Morgan fingerprint density at radius 3 is 2.83 bits per heavy atom. The standard InChI is InChI=1S/C17H22ClN5O/c1-11-9-12(2)23(21-11)15-7-6-14(18)16(20-15)17(24)22-8-4-5-13(10-22)19-3/h6-7,9,13,19H,4-5,8,10H2,1-3H3/t13-/m1/s1. The van der Waals surface area contributed by atoms with Gasteiger partial charge >= 0.3 is 0 Å². The number of hydrogen-bond acceptors (Lipinski definition) is 4. The summed E-state index contributed by atoms with van der Waals surface area (Å²) < 4.78 is 1.73. The number of rotatable bonds is 3. The zero-order valence-electron chi connectivity index (χ0n) is 14.2. The molecule has 1 amide bonds. The molecule has 0 aliphatic carbocycles. The molecule has 1 N–H and O–H groups in total. The fourth-order valence-corrected chi connectivity index (χ4v) is 3.29. The van der Waals surface area contributed by atoms with Crippen LogP contribution >= 0.6 is 11.6 Å². The third-order valence-corrected chi connectivity index (χ3v) is 4.68. The lowest BCUT2D eigenvalue weighted by Gasteiger charge is -2.32. The number of carbonyl (C=O) groups excluding carboxylic acids is 1. The molecule has 0 unspecified atom stereocenters. The molecule has 0 saturated carbocycles. The van der Waals surface area contributed by atoms with E-state index in [1.54, 1.807) is 16.8 Å². The molecule has 3 rings (SSSR count). The Balaban J connectivity index is 1.91. The van der Waals surface area contributed by atoms with Crippen molar-refractivity contribution in [3.05, 3.63) is 40.3 Å². The molecule has 3 heterocycles. The van der Waals surface area contributed by atoms with Crippen LogP contribution in [0.15, 0.2) is 18.2 Å². The number of amides is 1. The molecule has 0 radical (unpaired) electrons. The topological polar surface area (TPSA) is 63.1 Å². The van der Waals surface area contributed by atoms with Crippen LogP contribution in [-0.4, -0.2) is 51.8 Å². The highest BCUT2D eigenvalue weighted by molar-refractivity contribution is 6.33. The van der Waals surface area contributed by atoms with Crippen LogP contribution in [0.25, 0.3) is 5.82 Å². The largest absolute Gasteiger partial charge is 0.336 e. The van der Waals surface area contributed by atoms with Gasteiger partial charge in [0.15, 0.2) is 5.82 Å². The Morgan fingerprint density at radius 1 is 1.38 bits per heavy atom. The van der Waals surface area contributed by atoms with E-state index in [2.05, 4.69) is 15.4 Å². The number of halogens is 1. The van der Waals surface area contributed by atoms with Crippen molar-refractivity contribution in [2.45, 2.75) is 32.7 Å². The maximum atomic E-state index is 12.9. The van der Waals surface area contributed by atoms with E-state index in [-0.39, 0.29) is 5.91 Å². The van der Waals surface area contributed by atoms with Crippen molar-refractivity contribution in [1.29, 1.82) is 0 Å². The highest BCUT2D eigenvalue weighted by Crippen LogP contribution is 2.21. The fraction of sp³-hybridized carbons (Fsp3) is 0.471. The summed E-state index contributed by atoms with van der Waals surface area (Å²) in [7, 11) is 1.92. The average Bonchev–Trinajstić information content (AvgIpc) is 2.93. The molecule has 6 nitrogen and oxygen atoms in total. The zero-order chi connectivity index (χ0) is 17.3. The maximum absolute atomic E-state index is 12.9. The summed E-state index contributed by atoms with van der Waals surface area (Å²) in [6.45, 7) is 5.30. The molecule has 1 saturated heterocycles. The van der Waals surface area contributed by atoms with Gasteiger partial charge in [0.05, 0.1) is 10.7 Å². The van der Waals surface area contributed by atoms with E-state index in [4.69, 9.17) is 11.6 Å². The van der Waals surface area contributed by atoms with Crippen molar-refractivity contribution >= 4 is 17.5 Å². The number of aryl methyl sites for hydroxylation is 2. The Bertz CT molecular complexity index is 757. The minimum atomic E-state index is -0.122. The smallest absolute Gasteiger partial charge is 0.274 e. The van der Waals surface area contributed by atoms with Gasteiger partial charge in [0.2, 0.25) is 0 Å². The van der Waals surface area contributed by atoms with Crippen molar-refractivity contribution in [3.8, 4) is 5.82 Å². The summed E-state index contributed by atoms with van der Waals surface area (Å²) in [5.41, 5.74) is 2.16. The third kappa shape index (κ3) is 3.30. The van der Waals surface area contributed by atoms with Gasteiger partial charge in [0.1, 0.15) is 5.69 Å². The molecular formula is C17H22ClN5O. The average molecular weight is 348 g/mol. The molecule has 1 aliphatic rings. The number of nitrogens with one attached hydrogen (secondary N) is 1. The van der Waals surface area contributed by atoms with Gasteiger partial charge in [0.25, 0.3) is 5.91 Å². The van der Waals surface area contributed by atoms with Crippen LogP contribution in [0.1, 0.15) is 34.7 Å². The second-order valence-corrected chi connectivity index (χ2v) is 6.62. The number of hydrogen-bond donors (Lipinski definition) is 1. The van der Waals surface area contributed by atoms with E-state index in [1.165, 1.54) is 0 Å². The van der Waals surface area contributed by atoms with E-state index in [9.17, 15) is 4.79 Å². The summed E-state index contributed by atoms with van der Waals surface area (Å²) in [6, 6.07) is 5.79. The molecular weight excluding hydrogens is 326 g/mol. The first-order chi connectivity index (χ1) is 11.5. The van der Waals surface area contributed by atoms with Crippen LogP contribution in [0.3, 0.4) is 0 Å². The summed E-state index contributed by atoms with van der Waals surface area (Å²) in [4.78, 5) is 19.2. The molecule has 7 heteroatoms. The Hall–Kier alpha value is -1.92. The predicted octanol–water partition coefficient (Wildman–Crippen LogP) is 2.36. The van der Waals surface area contributed by atoms with E-state index in [0.29, 0.717) is 29.1 Å². The SMILES string of the molecule is CN[C@@H]1CCCN(C(=O)c2nc(-n3nc(C)cc3C)ccc2Cl)C1. The van der Waals surface area contributed by atoms with E-state index < -0.39 is 0 Å². The third-order valence-electron chi connectivity index (χ3n) is 4.38. The Kier molecular flexibility index (Phi) is 4.87. The highest BCUT2D eigenvalue weighted by atomic mass is 35.5. The van der Waals surface area contributed by atoms with Gasteiger partial charge in [-0.1, -0.05) is 11.6 Å². The molecule has 24 heavy (non-hydrogen) atoms. The molecule has 128 valence electrons. The molecule has 1 fully saturated rings. The molecule has 1 atom stereocenters. The fourth-order valence-electron chi connectivity index (χ4n) is 3.11. The lowest BCUT2D eigenvalue weighted by molar-refractivity contribution is 0.0692. The molecule has 2 aromatic heterocycles. The highest BCUT2D eigenvalue weighted by Gasteiger charge is 2.26. The zero-order valence-corrected chi connectivity index (χ0v) is 15.0. The summed E-state index contributed by atoms with van der Waals surface area (Å²) >= 11 is 6.26. The van der Waals surface area contributed by atoms with Crippen molar-refractivity contribution in [1.82, 2.24) is 25.0 Å². The molecule has 0 aromatic carbocycles. The van der Waals surface area contributed by atoms with Crippen molar-refractivity contribution in [2.24, 2.45) is 0 Å². The lowest BCUT2D eigenvalue weighted by Crippen LogP contribution is -2.47. The van der Waals surface area contributed by atoms with E-state index in [1.807, 2.05) is 31.9 Å². The number of likely N-dealkylation sites (N-methyl/N-ethyl adjacent to an activating group) is 1. The molecule has 1 aliphatic heterocycles. The number of carbonyl (C=O) groups is 1. The summed E-state index contributed by atoms with van der Waals surface area (Å²) in [6.07, 6.45) is 2.05. The number of pyridine rings is 1. The van der Waals surface area contributed by atoms with Crippen LogP contribution in [-0.2, 0) is 0 Å². The minimum absolute atomic E-state index is 0.122. The Morgan fingerprint density at radius 2 is 2.17 bits per heavy atom. The second-order valence-electron chi connectivity index (χ2n) is 6.22. The van der Waals surface area contributed by atoms with Crippen LogP contribution in [0.5, 0.6) is 0 Å². The van der Waals surface area contributed by atoms with Crippen molar-refractivity contribution < 1.29 is 4.79 Å². The first-order valence-corrected chi connectivity index (χ1v) is 8.54. The van der Waals surface area contributed by atoms with Crippen LogP contribution in [0.4, 0.5) is 0 Å². The lowest BCUT2D eigenvalue weighted by atomic mass is 10.1. The summed E-state index contributed by atoms with van der Waals surface area (Å²) in [5, 5.41) is 8.04. The van der Waals surface area contributed by atoms with Crippen molar-refractivity contribution in [2.75, 3.05) is 20.1 Å². The van der Waals surface area contributed by atoms with Crippen molar-refractivity contribution in [3.63, 3.8) is 0 Å². The number of piperidine rings is 1. The first-order valence-electron chi connectivity index (χ1n) is 8.16. The maximum Gasteiger partial charge on any atom is 0.274 e. The number of nitrogens with zero attached hydrogens (tertiary/aromatic N) is 4. The number of likely N-dealkylation sites (tertiary alicyclic amines) is 1. The minimum Gasteiger partial charge on any atom is -0.336 e.